The molecule has 0 aliphatic heterocycles. The molecule has 1 aromatic carbocycles. The van der Waals surface area contributed by atoms with Gasteiger partial charge in [-0.25, -0.2) is 4.98 Å². The first-order chi connectivity index (χ1) is 9.12. The van der Waals surface area contributed by atoms with Crippen LogP contribution in [0.15, 0.2) is 10.5 Å². The number of halogens is 4. The van der Waals surface area contributed by atoms with Crippen LogP contribution in [-0.2, 0) is 6.18 Å². The maximum Gasteiger partial charge on any atom is 0.417 e. The van der Waals surface area contributed by atoms with Gasteiger partial charge in [-0.05, 0) is 22.0 Å². The van der Waals surface area contributed by atoms with Crippen LogP contribution < -0.4 is 0 Å². The Morgan fingerprint density at radius 2 is 2.05 bits per heavy atom. The van der Waals surface area contributed by atoms with Gasteiger partial charge in [-0.3, -0.25) is 10.1 Å². The average molecular weight is 352 g/mol. The summed E-state index contributed by atoms with van der Waals surface area (Å²) < 4.78 is 38.1. The molecule has 0 bridgehead atoms. The fourth-order valence-electron chi connectivity index (χ4n) is 1.78. The molecule has 0 atom stereocenters. The zero-order chi connectivity index (χ0) is 15.2. The van der Waals surface area contributed by atoms with E-state index < -0.39 is 26.8 Å². The lowest BCUT2D eigenvalue weighted by Crippen LogP contribution is -2.08. The molecule has 20 heavy (non-hydrogen) atoms. The van der Waals surface area contributed by atoms with E-state index >= 15 is 0 Å². The molecule has 0 aliphatic carbocycles. The Balaban J connectivity index is 2.88. The van der Waals surface area contributed by atoms with Crippen LogP contribution in [0, 0.1) is 10.1 Å². The van der Waals surface area contributed by atoms with Crippen molar-refractivity contribution >= 4 is 32.7 Å². The van der Waals surface area contributed by atoms with E-state index in [0.717, 1.165) is 6.07 Å². The first kappa shape index (κ1) is 14.8. The van der Waals surface area contributed by atoms with Crippen LogP contribution in [0.4, 0.5) is 18.9 Å². The summed E-state index contributed by atoms with van der Waals surface area (Å²) in [6.07, 6.45) is -4.69. The summed E-state index contributed by atoms with van der Waals surface area (Å²) in [6, 6.07) is 0.825. The molecule has 0 saturated heterocycles. The van der Waals surface area contributed by atoms with Crippen LogP contribution in [0.25, 0.3) is 11.0 Å². The molecule has 0 unspecified atom stereocenters. The third-order valence-electron chi connectivity index (χ3n) is 2.74. The summed E-state index contributed by atoms with van der Waals surface area (Å²) in [7, 11) is 0. The van der Waals surface area contributed by atoms with Crippen molar-refractivity contribution in [1.29, 1.82) is 0 Å². The van der Waals surface area contributed by atoms with Crippen LogP contribution in [0.3, 0.4) is 0 Å². The number of aromatic amines is 1. The molecule has 0 fully saturated rings. The van der Waals surface area contributed by atoms with Crippen LogP contribution in [0.2, 0.25) is 0 Å². The average Bonchev–Trinajstić information content (AvgIpc) is 2.69. The number of hydrogen-bond acceptors (Lipinski definition) is 3. The van der Waals surface area contributed by atoms with Gasteiger partial charge in [-0.1, -0.05) is 13.8 Å². The first-order valence-electron chi connectivity index (χ1n) is 5.56. The van der Waals surface area contributed by atoms with E-state index in [4.69, 9.17) is 0 Å². The molecule has 9 heteroatoms. The van der Waals surface area contributed by atoms with Crippen LogP contribution in [-0.4, -0.2) is 14.9 Å². The van der Waals surface area contributed by atoms with Crippen molar-refractivity contribution < 1.29 is 18.1 Å². The van der Waals surface area contributed by atoms with Crippen molar-refractivity contribution in [2.45, 2.75) is 25.9 Å². The van der Waals surface area contributed by atoms with Crippen LogP contribution in [0.5, 0.6) is 0 Å². The van der Waals surface area contributed by atoms with Gasteiger partial charge in [0.1, 0.15) is 10.3 Å². The number of benzene rings is 1. The minimum absolute atomic E-state index is 0.00377. The van der Waals surface area contributed by atoms with Gasteiger partial charge < -0.3 is 4.98 Å². The third-order valence-corrected chi connectivity index (χ3v) is 3.55. The highest BCUT2D eigenvalue weighted by Gasteiger charge is 2.38. The number of nitro benzene ring substituents is 1. The Bertz CT molecular complexity index is 694. The largest absolute Gasteiger partial charge is 0.417 e. The number of imidazole rings is 1. The number of nitrogens with one attached hydrogen (secondary N) is 1. The fourth-order valence-corrected chi connectivity index (χ4v) is 2.45. The number of alkyl halides is 3. The van der Waals surface area contributed by atoms with E-state index in [-0.39, 0.29) is 17.0 Å². The van der Waals surface area contributed by atoms with Gasteiger partial charge in [-0.15, -0.1) is 0 Å². The molecule has 1 aromatic heterocycles. The number of hydrogen-bond donors (Lipinski definition) is 1. The standard InChI is InChI=1S/C11H9BrF3N3O2/c1-4(2)10-16-6-3-5(11(13,14)15)7(12)9(18(19)20)8(6)17-10/h3-4H,1-2H3,(H,16,17). The molecular formula is C11H9BrF3N3O2. The lowest BCUT2D eigenvalue weighted by atomic mass is 10.1. The number of H-pyrrole nitrogens is 1. The monoisotopic (exact) mass is 351 g/mol. The lowest BCUT2D eigenvalue weighted by molar-refractivity contribution is -0.384. The second-order valence-electron chi connectivity index (χ2n) is 4.51. The molecule has 1 heterocycles. The van der Waals surface area contributed by atoms with E-state index in [1.807, 2.05) is 0 Å². The highest BCUT2D eigenvalue weighted by atomic mass is 79.9. The van der Waals surface area contributed by atoms with Gasteiger partial charge in [-0.2, -0.15) is 13.2 Å². The Morgan fingerprint density at radius 1 is 1.45 bits per heavy atom. The molecule has 2 rings (SSSR count). The number of aromatic nitrogens is 2. The number of nitro groups is 1. The van der Waals surface area contributed by atoms with Crippen molar-refractivity contribution in [3.05, 3.63) is 32.0 Å². The maximum atomic E-state index is 12.9. The van der Waals surface area contributed by atoms with Gasteiger partial charge in [0.05, 0.1) is 16.0 Å². The van der Waals surface area contributed by atoms with Gasteiger partial charge in [0.15, 0.2) is 5.52 Å². The van der Waals surface area contributed by atoms with Crippen molar-refractivity contribution in [3.8, 4) is 0 Å². The Hall–Kier alpha value is -1.64. The van der Waals surface area contributed by atoms with Gasteiger partial charge >= 0.3 is 11.9 Å². The highest BCUT2D eigenvalue weighted by Crippen LogP contribution is 2.43. The topological polar surface area (TPSA) is 71.8 Å². The predicted molar refractivity (Wildman–Crippen MR) is 69.5 cm³/mol. The molecule has 0 amide bonds. The van der Waals surface area contributed by atoms with Crippen LogP contribution >= 0.6 is 15.9 Å². The smallest absolute Gasteiger partial charge is 0.342 e. The van der Waals surface area contributed by atoms with Crippen molar-refractivity contribution in [3.63, 3.8) is 0 Å². The molecular weight excluding hydrogens is 343 g/mol. The SMILES string of the molecule is CC(C)c1nc2c([N+](=O)[O-])c(Br)c(C(F)(F)F)cc2[nH]1. The minimum atomic E-state index is -4.69. The van der Waals surface area contributed by atoms with Crippen LogP contribution in [0.1, 0.15) is 31.2 Å². The molecule has 2 aromatic rings. The molecule has 0 spiro atoms. The predicted octanol–water partition coefficient (Wildman–Crippen LogP) is 4.38. The maximum absolute atomic E-state index is 12.9. The first-order valence-corrected chi connectivity index (χ1v) is 6.36. The zero-order valence-electron chi connectivity index (χ0n) is 10.4. The van der Waals surface area contributed by atoms with E-state index in [2.05, 4.69) is 25.9 Å². The molecule has 0 aliphatic rings. The van der Waals surface area contributed by atoms with Gasteiger partial charge in [0, 0.05) is 5.92 Å². The van der Waals surface area contributed by atoms with Crippen molar-refractivity contribution in [1.82, 2.24) is 9.97 Å². The number of nitrogens with zero attached hydrogens (tertiary/aromatic N) is 2. The highest BCUT2D eigenvalue weighted by molar-refractivity contribution is 9.10. The second-order valence-corrected chi connectivity index (χ2v) is 5.31. The zero-order valence-corrected chi connectivity index (χ0v) is 12.0. The molecule has 1 N–H and O–H groups in total. The van der Waals surface area contributed by atoms with Gasteiger partial charge in [0.25, 0.3) is 0 Å². The lowest BCUT2D eigenvalue weighted by Gasteiger charge is -2.09. The molecule has 5 nitrogen and oxygen atoms in total. The van der Waals surface area contributed by atoms with E-state index in [1.54, 1.807) is 13.8 Å². The summed E-state index contributed by atoms with van der Waals surface area (Å²) >= 11 is 2.67. The number of rotatable bonds is 2. The molecule has 0 saturated carbocycles. The van der Waals surface area contributed by atoms with E-state index in [1.165, 1.54) is 0 Å². The summed E-state index contributed by atoms with van der Waals surface area (Å²) in [5, 5.41) is 11.0. The van der Waals surface area contributed by atoms with E-state index in [0.29, 0.717) is 5.82 Å². The molecule has 0 radical (unpaired) electrons. The van der Waals surface area contributed by atoms with Gasteiger partial charge in [0.2, 0.25) is 0 Å². The quantitative estimate of drug-likeness (QED) is 0.644. The minimum Gasteiger partial charge on any atom is -0.342 e. The van der Waals surface area contributed by atoms with E-state index in [9.17, 15) is 23.3 Å². The fraction of sp³-hybridized carbons (Fsp3) is 0.364. The van der Waals surface area contributed by atoms with Crippen molar-refractivity contribution in [2.24, 2.45) is 0 Å². The molecule has 108 valence electrons. The Morgan fingerprint density at radius 3 is 2.50 bits per heavy atom. The summed E-state index contributed by atoms with van der Waals surface area (Å²) in [5.74, 6) is 0.310. The second kappa shape index (κ2) is 4.72. The summed E-state index contributed by atoms with van der Waals surface area (Å²) in [4.78, 5) is 16.9. The number of fused-ring (bicyclic) bond motifs is 1. The Kier molecular flexibility index (Phi) is 3.49. The summed E-state index contributed by atoms with van der Waals surface area (Å²) in [5.41, 5.74) is -1.87. The Labute approximate surface area is 119 Å². The third kappa shape index (κ3) is 2.37. The summed E-state index contributed by atoms with van der Waals surface area (Å²) in [6.45, 7) is 3.56. The van der Waals surface area contributed by atoms with Crippen molar-refractivity contribution in [2.75, 3.05) is 0 Å². The normalized spacial score (nSPS) is 12.3.